The van der Waals surface area contributed by atoms with Crippen LogP contribution < -0.4 is 0 Å². The largest absolute Gasteiger partial charge is 0.317 e. The van der Waals surface area contributed by atoms with Gasteiger partial charge in [0, 0.05) is 11.9 Å². The van der Waals surface area contributed by atoms with Crippen molar-refractivity contribution >= 4 is 10.9 Å². The molecule has 0 aliphatic carbocycles. The van der Waals surface area contributed by atoms with Crippen molar-refractivity contribution in [3.63, 3.8) is 0 Å². The van der Waals surface area contributed by atoms with Crippen molar-refractivity contribution in [1.29, 1.82) is 0 Å². The van der Waals surface area contributed by atoms with Crippen LogP contribution in [0.15, 0.2) is 91.1 Å². The van der Waals surface area contributed by atoms with E-state index < -0.39 is 0 Å². The van der Waals surface area contributed by atoms with Crippen molar-refractivity contribution in [2.24, 2.45) is 0 Å². The van der Waals surface area contributed by atoms with E-state index in [1.165, 1.54) is 27.7 Å². The van der Waals surface area contributed by atoms with E-state index >= 15 is 0 Å². The fraction of sp³-hybridized carbons (Fsp3) is 0. The molecule has 1 heterocycles. The first-order chi connectivity index (χ1) is 10.4. The third-order valence-electron chi connectivity index (χ3n) is 3.83. The normalized spacial score (nSPS) is 10.9. The number of hydrogen-bond donors (Lipinski definition) is 0. The van der Waals surface area contributed by atoms with Gasteiger partial charge in [-0.25, -0.2) is 0 Å². The molecule has 0 aliphatic heterocycles. The number of rotatable bonds is 2. The van der Waals surface area contributed by atoms with Crippen molar-refractivity contribution in [2.75, 3.05) is 0 Å². The molecule has 1 aromatic heterocycles. The van der Waals surface area contributed by atoms with Crippen LogP contribution in [0.5, 0.6) is 0 Å². The monoisotopic (exact) mass is 269 g/mol. The number of hydrogen-bond acceptors (Lipinski definition) is 0. The topological polar surface area (TPSA) is 4.93 Å². The lowest BCUT2D eigenvalue weighted by atomic mass is 10.1. The number of para-hydroxylation sites is 1. The average molecular weight is 269 g/mol. The second kappa shape index (κ2) is 4.95. The molecule has 0 saturated heterocycles. The quantitative estimate of drug-likeness (QED) is 0.465. The van der Waals surface area contributed by atoms with Crippen molar-refractivity contribution in [2.45, 2.75) is 0 Å². The molecule has 100 valence electrons. The van der Waals surface area contributed by atoms with Crippen LogP contribution in [-0.4, -0.2) is 4.57 Å². The van der Waals surface area contributed by atoms with Crippen LogP contribution in [0.25, 0.3) is 27.7 Å². The highest BCUT2D eigenvalue weighted by Gasteiger charge is 2.04. The Labute approximate surface area is 124 Å². The molecule has 0 spiro atoms. The zero-order chi connectivity index (χ0) is 14.1. The number of fused-ring (bicyclic) bond motifs is 1. The molecule has 4 aromatic rings. The average Bonchev–Trinajstić information content (AvgIpc) is 3.00. The molecule has 0 saturated carbocycles. The number of benzene rings is 3. The molecule has 0 aliphatic rings. The molecule has 4 rings (SSSR count). The molecular weight excluding hydrogens is 254 g/mol. The van der Waals surface area contributed by atoms with Crippen LogP contribution >= 0.6 is 0 Å². The SMILES string of the molecule is c1ccc(-c2cccc(-n3ccc4ccccc43)c2)cc1. The maximum atomic E-state index is 2.24. The maximum Gasteiger partial charge on any atom is 0.0528 e. The van der Waals surface area contributed by atoms with Gasteiger partial charge in [0.1, 0.15) is 0 Å². The van der Waals surface area contributed by atoms with Crippen LogP contribution in [0, 0.1) is 0 Å². The summed E-state index contributed by atoms with van der Waals surface area (Å²) in [5.74, 6) is 0. The van der Waals surface area contributed by atoms with Gasteiger partial charge in [0.05, 0.1) is 5.52 Å². The van der Waals surface area contributed by atoms with Gasteiger partial charge in [-0.1, -0.05) is 60.7 Å². The molecule has 1 heteroatoms. The highest BCUT2D eigenvalue weighted by atomic mass is 15.0. The van der Waals surface area contributed by atoms with E-state index in [9.17, 15) is 0 Å². The summed E-state index contributed by atoms with van der Waals surface area (Å²) in [5.41, 5.74) is 4.92. The van der Waals surface area contributed by atoms with Gasteiger partial charge in [0.25, 0.3) is 0 Å². The minimum atomic E-state index is 1.19. The molecule has 3 aromatic carbocycles. The van der Waals surface area contributed by atoms with Gasteiger partial charge < -0.3 is 4.57 Å². The Morgan fingerprint density at radius 1 is 0.571 bits per heavy atom. The summed E-state index contributed by atoms with van der Waals surface area (Å²) in [6.07, 6.45) is 2.13. The van der Waals surface area contributed by atoms with Gasteiger partial charge in [-0.2, -0.15) is 0 Å². The van der Waals surface area contributed by atoms with E-state index in [0.717, 1.165) is 0 Å². The molecule has 0 radical (unpaired) electrons. The Morgan fingerprint density at radius 2 is 1.33 bits per heavy atom. The first kappa shape index (κ1) is 12.0. The van der Waals surface area contributed by atoms with Crippen LogP contribution in [0.1, 0.15) is 0 Å². The molecule has 0 fully saturated rings. The molecular formula is C20H15N. The maximum absolute atomic E-state index is 2.24. The minimum absolute atomic E-state index is 1.19. The van der Waals surface area contributed by atoms with E-state index in [2.05, 4.69) is 89.6 Å². The summed E-state index contributed by atoms with van der Waals surface area (Å²) in [4.78, 5) is 0. The summed E-state index contributed by atoms with van der Waals surface area (Å²) in [6, 6.07) is 29.8. The lowest BCUT2D eigenvalue weighted by Gasteiger charge is -2.08. The second-order valence-corrected chi connectivity index (χ2v) is 5.16. The molecule has 0 bridgehead atoms. The van der Waals surface area contributed by atoms with E-state index in [-0.39, 0.29) is 0 Å². The van der Waals surface area contributed by atoms with Crippen molar-refractivity contribution in [1.82, 2.24) is 4.57 Å². The summed E-state index contributed by atoms with van der Waals surface area (Å²) in [6.45, 7) is 0. The smallest absolute Gasteiger partial charge is 0.0528 e. The molecule has 0 amide bonds. The van der Waals surface area contributed by atoms with Gasteiger partial charge in [0.15, 0.2) is 0 Å². The van der Waals surface area contributed by atoms with E-state index in [4.69, 9.17) is 0 Å². The fourth-order valence-corrected chi connectivity index (χ4v) is 2.77. The van der Waals surface area contributed by atoms with Gasteiger partial charge in [-0.15, -0.1) is 0 Å². The van der Waals surface area contributed by atoms with Crippen LogP contribution in [0.2, 0.25) is 0 Å². The predicted molar refractivity (Wildman–Crippen MR) is 88.7 cm³/mol. The van der Waals surface area contributed by atoms with Crippen molar-refractivity contribution < 1.29 is 0 Å². The highest BCUT2D eigenvalue weighted by Crippen LogP contribution is 2.25. The van der Waals surface area contributed by atoms with Crippen molar-refractivity contribution in [3.8, 4) is 16.8 Å². The number of aromatic nitrogens is 1. The summed E-state index contributed by atoms with van der Waals surface area (Å²) in [7, 11) is 0. The van der Waals surface area contributed by atoms with E-state index in [0.29, 0.717) is 0 Å². The highest BCUT2D eigenvalue weighted by molar-refractivity contribution is 5.82. The standard InChI is InChI=1S/C20H15N/c1-2-7-16(8-3-1)18-10-6-11-19(15-18)21-14-13-17-9-4-5-12-20(17)21/h1-15H. The van der Waals surface area contributed by atoms with Crippen LogP contribution in [-0.2, 0) is 0 Å². The van der Waals surface area contributed by atoms with Crippen LogP contribution in [0.4, 0.5) is 0 Å². The van der Waals surface area contributed by atoms with Gasteiger partial charge in [-0.05, 0) is 40.8 Å². The van der Waals surface area contributed by atoms with Gasteiger partial charge in [0.2, 0.25) is 0 Å². The Kier molecular flexibility index (Phi) is 2.82. The minimum Gasteiger partial charge on any atom is -0.317 e. The predicted octanol–water partition coefficient (Wildman–Crippen LogP) is 5.30. The Balaban J connectivity index is 1.87. The van der Waals surface area contributed by atoms with Gasteiger partial charge >= 0.3 is 0 Å². The third-order valence-corrected chi connectivity index (χ3v) is 3.83. The fourth-order valence-electron chi connectivity index (χ4n) is 2.77. The zero-order valence-corrected chi connectivity index (χ0v) is 11.6. The van der Waals surface area contributed by atoms with E-state index in [1.54, 1.807) is 0 Å². The molecule has 21 heavy (non-hydrogen) atoms. The van der Waals surface area contributed by atoms with E-state index in [1.807, 2.05) is 6.07 Å². The first-order valence-electron chi connectivity index (χ1n) is 7.14. The van der Waals surface area contributed by atoms with Crippen molar-refractivity contribution in [3.05, 3.63) is 91.1 Å². The number of nitrogens with zero attached hydrogens (tertiary/aromatic N) is 1. The van der Waals surface area contributed by atoms with Gasteiger partial charge in [-0.3, -0.25) is 0 Å². The lowest BCUT2D eigenvalue weighted by molar-refractivity contribution is 1.13. The zero-order valence-electron chi connectivity index (χ0n) is 11.6. The molecule has 0 unspecified atom stereocenters. The first-order valence-corrected chi connectivity index (χ1v) is 7.14. The summed E-state index contributed by atoms with van der Waals surface area (Å²) in [5, 5.41) is 1.27. The summed E-state index contributed by atoms with van der Waals surface area (Å²) >= 11 is 0. The Morgan fingerprint density at radius 3 is 2.24 bits per heavy atom. The molecule has 0 atom stereocenters. The molecule has 0 N–H and O–H groups in total. The third kappa shape index (κ3) is 2.13. The Hall–Kier alpha value is -2.80. The summed E-state index contributed by atoms with van der Waals surface area (Å²) < 4.78 is 2.24. The lowest BCUT2D eigenvalue weighted by Crippen LogP contribution is -1.91. The Bertz CT molecular complexity index is 888. The molecule has 1 nitrogen and oxygen atoms in total. The second-order valence-electron chi connectivity index (χ2n) is 5.16. The van der Waals surface area contributed by atoms with Crippen LogP contribution in [0.3, 0.4) is 0 Å².